The van der Waals surface area contributed by atoms with E-state index in [1.165, 1.54) is 51.4 Å². The molecule has 2 heteroatoms. The van der Waals surface area contributed by atoms with Crippen LogP contribution < -0.4 is 5.32 Å². The highest BCUT2D eigenvalue weighted by atomic mass is 16.5. The van der Waals surface area contributed by atoms with Crippen LogP contribution >= 0.6 is 0 Å². The standard InChI is InChI=1S/C17H33NO/c1-4-18-16(14(2)3)8-7-15-9-12-19-17(13-15)10-5-6-11-17/h14-16,18H,4-13H2,1-3H3. The van der Waals surface area contributed by atoms with Gasteiger partial charge >= 0.3 is 0 Å². The van der Waals surface area contributed by atoms with Gasteiger partial charge in [-0.2, -0.15) is 0 Å². The minimum atomic E-state index is 0.300. The molecular weight excluding hydrogens is 234 g/mol. The molecule has 0 radical (unpaired) electrons. The zero-order chi connectivity index (χ0) is 13.7. The fraction of sp³-hybridized carbons (Fsp3) is 1.00. The van der Waals surface area contributed by atoms with Crippen LogP contribution in [0.15, 0.2) is 0 Å². The summed E-state index contributed by atoms with van der Waals surface area (Å²) in [6.45, 7) is 9.02. The maximum Gasteiger partial charge on any atom is 0.0685 e. The molecule has 1 spiro atoms. The molecular formula is C17H33NO. The summed E-state index contributed by atoms with van der Waals surface area (Å²) >= 11 is 0. The highest BCUT2D eigenvalue weighted by Crippen LogP contribution is 2.43. The van der Waals surface area contributed by atoms with Gasteiger partial charge < -0.3 is 10.1 Å². The number of hydrogen-bond donors (Lipinski definition) is 1. The summed E-state index contributed by atoms with van der Waals surface area (Å²) in [5.41, 5.74) is 0.300. The predicted molar refractivity (Wildman–Crippen MR) is 81.4 cm³/mol. The van der Waals surface area contributed by atoms with Crippen LogP contribution in [-0.2, 0) is 4.74 Å². The van der Waals surface area contributed by atoms with Gasteiger partial charge in [0.15, 0.2) is 0 Å². The topological polar surface area (TPSA) is 21.3 Å². The van der Waals surface area contributed by atoms with Crippen LogP contribution in [0.5, 0.6) is 0 Å². The third kappa shape index (κ3) is 4.19. The molecule has 0 aromatic rings. The summed E-state index contributed by atoms with van der Waals surface area (Å²) in [5.74, 6) is 1.66. The van der Waals surface area contributed by atoms with E-state index in [9.17, 15) is 0 Å². The van der Waals surface area contributed by atoms with Gasteiger partial charge in [0.25, 0.3) is 0 Å². The summed E-state index contributed by atoms with van der Waals surface area (Å²) in [4.78, 5) is 0. The molecule has 2 nitrogen and oxygen atoms in total. The molecule has 1 aliphatic heterocycles. The van der Waals surface area contributed by atoms with Crippen molar-refractivity contribution in [2.75, 3.05) is 13.2 Å². The lowest BCUT2D eigenvalue weighted by atomic mass is 9.81. The first-order valence-electron chi connectivity index (χ1n) is 8.52. The maximum atomic E-state index is 6.14. The molecule has 1 saturated heterocycles. The molecule has 2 fully saturated rings. The Hall–Kier alpha value is -0.0800. The van der Waals surface area contributed by atoms with Gasteiger partial charge in [-0.25, -0.2) is 0 Å². The smallest absolute Gasteiger partial charge is 0.0685 e. The first-order valence-corrected chi connectivity index (χ1v) is 8.52. The molecule has 19 heavy (non-hydrogen) atoms. The van der Waals surface area contributed by atoms with Gasteiger partial charge in [0.05, 0.1) is 5.60 Å². The predicted octanol–water partition coefficient (Wildman–Crippen LogP) is 4.14. The molecule has 2 atom stereocenters. The summed E-state index contributed by atoms with van der Waals surface area (Å²) < 4.78 is 6.14. The summed E-state index contributed by atoms with van der Waals surface area (Å²) in [5, 5.41) is 3.65. The van der Waals surface area contributed by atoms with Crippen molar-refractivity contribution in [3.8, 4) is 0 Å². The number of rotatable bonds is 6. The van der Waals surface area contributed by atoms with Crippen molar-refractivity contribution in [2.24, 2.45) is 11.8 Å². The van der Waals surface area contributed by atoms with Gasteiger partial charge in [-0.05, 0) is 56.9 Å². The Morgan fingerprint density at radius 1 is 1.26 bits per heavy atom. The summed E-state index contributed by atoms with van der Waals surface area (Å²) in [6.07, 6.45) is 10.8. The third-order valence-electron chi connectivity index (χ3n) is 5.27. The average Bonchev–Trinajstić information content (AvgIpc) is 2.82. The highest BCUT2D eigenvalue weighted by molar-refractivity contribution is 4.91. The van der Waals surface area contributed by atoms with Crippen molar-refractivity contribution in [1.82, 2.24) is 5.32 Å². The van der Waals surface area contributed by atoms with Crippen molar-refractivity contribution in [3.05, 3.63) is 0 Å². The van der Waals surface area contributed by atoms with E-state index >= 15 is 0 Å². The van der Waals surface area contributed by atoms with Crippen molar-refractivity contribution in [1.29, 1.82) is 0 Å². The van der Waals surface area contributed by atoms with Crippen LogP contribution in [0.1, 0.15) is 72.1 Å². The Morgan fingerprint density at radius 2 is 2.00 bits per heavy atom. The zero-order valence-electron chi connectivity index (χ0n) is 13.2. The van der Waals surface area contributed by atoms with Crippen LogP contribution in [0, 0.1) is 11.8 Å². The van der Waals surface area contributed by atoms with E-state index in [0.29, 0.717) is 11.6 Å². The number of ether oxygens (including phenoxy) is 1. The minimum absolute atomic E-state index is 0.300. The molecule has 2 rings (SSSR count). The second kappa shape index (κ2) is 7.08. The van der Waals surface area contributed by atoms with Crippen LogP contribution in [0.25, 0.3) is 0 Å². The second-order valence-corrected chi connectivity index (χ2v) is 7.08. The Labute approximate surface area is 119 Å². The zero-order valence-corrected chi connectivity index (χ0v) is 13.2. The van der Waals surface area contributed by atoms with Gasteiger partial charge in [-0.3, -0.25) is 0 Å². The molecule has 2 unspecified atom stereocenters. The van der Waals surface area contributed by atoms with Crippen LogP contribution in [0.2, 0.25) is 0 Å². The monoisotopic (exact) mass is 267 g/mol. The normalized spacial score (nSPS) is 28.1. The Morgan fingerprint density at radius 3 is 2.63 bits per heavy atom. The SMILES string of the molecule is CCNC(CCC1CCOC2(CCCC2)C1)C(C)C. The fourth-order valence-electron chi connectivity index (χ4n) is 4.09. The first-order chi connectivity index (χ1) is 9.15. The molecule has 0 aromatic carbocycles. The van der Waals surface area contributed by atoms with Gasteiger partial charge in [0.2, 0.25) is 0 Å². The van der Waals surface area contributed by atoms with Crippen molar-refractivity contribution in [3.63, 3.8) is 0 Å². The van der Waals surface area contributed by atoms with E-state index in [2.05, 4.69) is 26.1 Å². The van der Waals surface area contributed by atoms with Gasteiger partial charge in [0, 0.05) is 12.6 Å². The Kier molecular flexibility index (Phi) is 5.70. The molecule has 1 saturated carbocycles. The van der Waals surface area contributed by atoms with E-state index < -0.39 is 0 Å². The first kappa shape index (κ1) is 15.3. The van der Waals surface area contributed by atoms with Gasteiger partial charge in [-0.15, -0.1) is 0 Å². The molecule has 0 bridgehead atoms. The van der Waals surface area contributed by atoms with E-state index in [4.69, 9.17) is 4.74 Å². The number of hydrogen-bond acceptors (Lipinski definition) is 2. The highest BCUT2D eigenvalue weighted by Gasteiger charge is 2.39. The van der Waals surface area contributed by atoms with Crippen LogP contribution in [0.3, 0.4) is 0 Å². The van der Waals surface area contributed by atoms with Crippen LogP contribution in [-0.4, -0.2) is 24.8 Å². The van der Waals surface area contributed by atoms with E-state index in [-0.39, 0.29) is 0 Å². The van der Waals surface area contributed by atoms with E-state index in [0.717, 1.165) is 25.0 Å². The van der Waals surface area contributed by atoms with E-state index in [1.807, 2.05) is 0 Å². The van der Waals surface area contributed by atoms with Crippen LogP contribution in [0.4, 0.5) is 0 Å². The summed E-state index contributed by atoms with van der Waals surface area (Å²) in [7, 11) is 0. The third-order valence-corrected chi connectivity index (χ3v) is 5.27. The molecule has 112 valence electrons. The lowest BCUT2D eigenvalue weighted by molar-refractivity contribution is -0.0942. The summed E-state index contributed by atoms with van der Waals surface area (Å²) in [6, 6.07) is 0.701. The fourth-order valence-corrected chi connectivity index (χ4v) is 4.09. The molecule has 0 amide bonds. The molecule has 2 aliphatic rings. The lowest BCUT2D eigenvalue weighted by Gasteiger charge is -2.39. The van der Waals surface area contributed by atoms with Crippen molar-refractivity contribution in [2.45, 2.75) is 83.8 Å². The minimum Gasteiger partial charge on any atom is -0.375 e. The van der Waals surface area contributed by atoms with Gasteiger partial charge in [-0.1, -0.05) is 33.6 Å². The largest absolute Gasteiger partial charge is 0.375 e. The Bertz CT molecular complexity index is 258. The number of nitrogens with one attached hydrogen (secondary N) is 1. The van der Waals surface area contributed by atoms with Crippen molar-refractivity contribution < 1.29 is 4.74 Å². The lowest BCUT2D eigenvalue weighted by Crippen LogP contribution is -2.38. The van der Waals surface area contributed by atoms with E-state index in [1.54, 1.807) is 0 Å². The Balaban J connectivity index is 1.78. The second-order valence-electron chi connectivity index (χ2n) is 7.08. The molecule has 1 N–H and O–H groups in total. The molecule has 1 heterocycles. The van der Waals surface area contributed by atoms with Gasteiger partial charge in [0.1, 0.15) is 0 Å². The van der Waals surface area contributed by atoms with Crippen molar-refractivity contribution >= 4 is 0 Å². The molecule has 0 aromatic heterocycles. The average molecular weight is 267 g/mol. The maximum absolute atomic E-state index is 6.14. The molecule has 1 aliphatic carbocycles. The quantitative estimate of drug-likeness (QED) is 0.781.